The largest absolute Gasteiger partial charge is 0.493 e. The Kier molecular flexibility index (Phi) is 4.93. The van der Waals surface area contributed by atoms with E-state index in [1.54, 1.807) is 12.1 Å². The van der Waals surface area contributed by atoms with E-state index in [1.165, 1.54) is 12.1 Å². The first-order valence-electron chi connectivity index (χ1n) is 6.31. The van der Waals surface area contributed by atoms with E-state index in [4.69, 9.17) is 4.74 Å². The van der Waals surface area contributed by atoms with Crippen molar-refractivity contribution in [2.75, 3.05) is 13.2 Å². The van der Waals surface area contributed by atoms with Crippen molar-refractivity contribution in [3.8, 4) is 5.75 Å². The van der Waals surface area contributed by atoms with Crippen molar-refractivity contribution in [2.24, 2.45) is 5.92 Å². The van der Waals surface area contributed by atoms with Crippen molar-refractivity contribution in [3.63, 3.8) is 0 Å². The van der Waals surface area contributed by atoms with Gasteiger partial charge in [-0.25, -0.2) is 4.39 Å². The molecule has 0 saturated heterocycles. The number of aliphatic hydroxyl groups is 1. The topological polar surface area (TPSA) is 29.5 Å². The second-order valence-corrected chi connectivity index (χ2v) is 4.51. The van der Waals surface area contributed by atoms with Crippen molar-refractivity contribution in [1.29, 1.82) is 0 Å². The predicted molar refractivity (Wildman–Crippen MR) is 72.6 cm³/mol. The van der Waals surface area contributed by atoms with Gasteiger partial charge in [0, 0.05) is 18.6 Å². The third kappa shape index (κ3) is 4.38. The average Bonchev–Trinajstić information content (AvgIpc) is 2.44. The van der Waals surface area contributed by atoms with Crippen molar-refractivity contribution in [3.05, 3.63) is 66.0 Å². The fourth-order valence-electron chi connectivity index (χ4n) is 1.89. The molecule has 2 aromatic carbocycles. The third-order valence-electron chi connectivity index (χ3n) is 2.91. The molecule has 0 heterocycles. The molecule has 0 spiro atoms. The molecule has 1 unspecified atom stereocenters. The van der Waals surface area contributed by atoms with Crippen LogP contribution in [0.15, 0.2) is 54.6 Å². The Morgan fingerprint density at radius 1 is 1.05 bits per heavy atom. The van der Waals surface area contributed by atoms with Crippen LogP contribution in [0.3, 0.4) is 0 Å². The first-order chi connectivity index (χ1) is 9.28. The lowest BCUT2D eigenvalue weighted by Crippen LogP contribution is -2.18. The lowest BCUT2D eigenvalue weighted by Gasteiger charge is -2.15. The molecule has 2 nitrogen and oxygen atoms in total. The van der Waals surface area contributed by atoms with E-state index in [-0.39, 0.29) is 18.3 Å². The van der Waals surface area contributed by atoms with E-state index in [2.05, 4.69) is 0 Å². The smallest absolute Gasteiger partial charge is 0.126 e. The van der Waals surface area contributed by atoms with Gasteiger partial charge >= 0.3 is 0 Å². The summed E-state index contributed by atoms with van der Waals surface area (Å²) in [5, 5.41) is 9.37. The molecule has 0 radical (unpaired) electrons. The summed E-state index contributed by atoms with van der Waals surface area (Å²) in [5.74, 6) is 0.179. The van der Waals surface area contributed by atoms with Crippen LogP contribution in [-0.2, 0) is 6.42 Å². The number of rotatable bonds is 6. The molecular weight excluding hydrogens is 243 g/mol. The SMILES string of the molecule is OCC(COc1cccc(F)c1)Cc1ccccc1. The summed E-state index contributed by atoms with van der Waals surface area (Å²) >= 11 is 0. The van der Waals surface area contributed by atoms with Crippen molar-refractivity contribution < 1.29 is 14.2 Å². The van der Waals surface area contributed by atoms with Crippen molar-refractivity contribution in [2.45, 2.75) is 6.42 Å². The molecule has 3 heteroatoms. The van der Waals surface area contributed by atoms with Crippen LogP contribution in [0.1, 0.15) is 5.56 Å². The first kappa shape index (κ1) is 13.6. The molecule has 2 rings (SSSR count). The summed E-state index contributed by atoms with van der Waals surface area (Å²) < 4.78 is 18.5. The van der Waals surface area contributed by atoms with Gasteiger partial charge in [0.2, 0.25) is 0 Å². The molecule has 0 bridgehead atoms. The van der Waals surface area contributed by atoms with Gasteiger partial charge in [0.05, 0.1) is 6.61 Å². The van der Waals surface area contributed by atoms with Gasteiger partial charge in [-0.1, -0.05) is 36.4 Å². The molecule has 0 aliphatic carbocycles. The molecule has 0 amide bonds. The Balaban J connectivity index is 1.89. The molecule has 0 fully saturated rings. The Morgan fingerprint density at radius 3 is 2.53 bits per heavy atom. The molecule has 2 aromatic rings. The van der Waals surface area contributed by atoms with Crippen molar-refractivity contribution >= 4 is 0 Å². The number of aliphatic hydroxyl groups excluding tert-OH is 1. The third-order valence-corrected chi connectivity index (χ3v) is 2.91. The number of halogens is 1. The van der Waals surface area contributed by atoms with Crippen LogP contribution in [0.25, 0.3) is 0 Å². The monoisotopic (exact) mass is 260 g/mol. The maximum absolute atomic E-state index is 13.0. The molecule has 0 saturated carbocycles. The number of ether oxygens (including phenoxy) is 1. The summed E-state index contributed by atoms with van der Waals surface area (Å²) in [6, 6.07) is 16.0. The fraction of sp³-hybridized carbons (Fsp3) is 0.250. The van der Waals surface area contributed by atoms with Crippen LogP contribution in [0.5, 0.6) is 5.75 Å². The van der Waals surface area contributed by atoms with Gasteiger partial charge in [-0.3, -0.25) is 0 Å². The van der Waals surface area contributed by atoms with Crippen LogP contribution in [0.2, 0.25) is 0 Å². The van der Waals surface area contributed by atoms with Gasteiger partial charge in [0.25, 0.3) is 0 Å². The van der Waals surface area contributed by atoms with E-state index < -0.39 is 0 Å². The Morgan fingerprint density at radius 2 is 1.84 bits per heavy atom. The number of benzene rings is 2. The fourth-order valence-corrected chi connectivity index (χ4v) is 1.89. The highest BCUT2D eigenvalue weighted by Gasteiger charge is 2.10. The number of hydrogen-bond acceptors (Lipinski definition) is 2. The highest BCUT2D eigenvalue weighted by atomic mass is 19.1. The molecule has 19 heavy (non-hydrogen) atoms. The summed E-state index contributed by atoms with van der Waals surface area (Å²) in [6.45, 7) is 0.416. The van der Waals surface area contributed by atoms with E-state index >= 15 is 0 Å². The van der Waals surface area contributed by atoms with Crippen LogP contribution in [0.4, 0.5) is 4.39 Å². The standard InChI is InChI=1S/C16H17FO2/c17-15-7-4-8-16(10-15)19-12-14(11-18)9-13-5-2-1-3-6-13/h1-8,10,14,18H,9,11-12H2. The van der Waals surface area contributed by atoms with Gasteiger partial charge in [-0.05, 0) is 24.1 Å². The van der Waals surface area contributed by atoms with Crippen molar-refractivity contribution in [1.82, 2.24) is 0 Å². The molecule has 100 valence electrons. The second-order valence-electron chi connectivity index (χ2n) is 4.51. The van der Waals surface area contributed by atoms with E-state index in [9.17, 15) is 9.50 Å². The molecule has 1 atom stereocenters. The molecule has 0 aliphatic heterocycles. The minimum atomic E-state index is -0.318. The molecule has 0 aromatic heterocycles. The quantitative estimate of drug-likeness (QED) is 0.865. The van der Waals surface area contributed by atoms with Gasteiger partial charge < -0.3 is 9.84 Å². The maximum Gasteiger partial charge on any atom is 0.126 e. The van der Waals surface area contributed by atoms with Crippen LogP contribution < -0.4 is 4.74 Å². The normalized spacial score (nSPS) is 12.1. The summed E-state index contributed by atoms with van der Waals surface area (Å²) in [7, 11) is 0. The maximum atomic E-state index is 13.0. The molecular formula is C16H17FO2. The van der Waals surface area contributed by atoms with Crippen LogP contribution in [0, 0.1) is 11.7 Å². The highest BCUT2D eigenvalue weighted by molar-refractivity contribution is 5.22. The second kappa shape index (κ2) is 6.90. The van der Waals surface area contributed by atoms with E-state index in [0.717, 1.165) is 12.0 Å². The summed E-state index contributed by atoms with van der Waals surface area (Å²) in [4.78, 5) is 0. The van der Waals surface area contributed by atoms with E-state index in [1.807, 2.05) is 30.3 Å². The van der Waals surface area contributed by atoms with Gasteiger partial charge in [-0.2, -0.15) is 0 Å². The zero-order valence-electron chi connectivity index (χ0n) is 10.6. The lowest BCUT2D eigenvalue weighted by atomic mass is 10.0. The Bertz CT molecular complexity index is 499. The first-order valence-corrected chi connectivity index (χ1v) is 6.31. The molecule has 0 aliphatic rings. The Labute approximate surface area is 112 Å². The average molecular weight is 260 g/mol. The Hall–Kier alpha value is -1.87. The highest BCUT2D eigenvalue weighted by Crippen LogP contribution is 2.15. The summed E-state index contributed by atoms with van der Waals surface area (Å²) in [6.07, 6.45) is 0.743. The van der Waals surface area contributed by atoms with E-state index in [0.29, 0.717) is 12.4 Å². The minimum absolute atomic E-state index is 0.00525. The summed E-state index contributed by atoms with van der Waals surface area (Å²) in [5.41, 5.74) is 1.16. The van der Waals surface area contributed by atoms with Gasteiger partial charge in [0.1, 0.15) is 11.6 Å². The zero-order valence-corrected chi connectivity index (χ0v) is 10.6. The predicted octanol–water partition coefficient (Wildman–Crippen LogP) is 3.06. The van der Waals surface area contributed by atoms with Gasteiger partial charge in [-0.15, -0.1) is 0 Å². The minimum Gasteiger partial charge on any atom is -0.493 e. The van der Waals surface area contributed by atoms with Gasteiger partial charge in [0.15, 0.2) is 0 Å². The number of hydrogen-bond donors (Lipinski definition) is 1. The van der Waals surface area contributed by atoms with Crippen LogP contribution in [-0.4, -0.2) is 18.3 Å². The lowest BCUT2D eigenvalue weighted by molar-refractivity contribution is 0.162. The van der Waals surface area contributed by atoms with Crippen LogP contribution >= 0.6 is 0 Å². The molecule has 1 N–H and O–H groups in total. The zero-order chi connectivity index (χ0) is 13.5.